The molecule has 0 bridgehead atoms. The van der Waals surface area contributed by atoms with Gasteiger partial charge in [0.05, 0.1) is 32.5 Å². The van der Waals surface area contributed by atoms with Gasteiger partial charge in [-0.2, -0.15) is 17.0 Å². The van der Waals surface area contributed by atoms with E-state index in [1.54, 1.807) is 6.92 Å². The van der Waals surface area contributed by atoms with Gasteiger partial charge in [-0.15, -0.1) is 0 Å². The number of carbonyl (C=O) groups excluding carboxylic acids is 1. The third-order valence-corrected chi connectivity index (χ3v) is 5.84. The molecule has 0 aliphatic carbocycles. The first-order valence-electron chi connectivity index (χ1n) is 7.16. The van der Waals surface area contributed by atoms with Crippen LogP contribution in [0.5, 0.6) is 0 Å². The highest BCUT2D eigenvalue weighted by Gasteiger charge is 2.44. The molecule has 0 spiro atoms. The molecule has 9 heteroatoms. The van der Waals surface area contributed by atoms with Gasteiger partial charge in [-0.3, -0.25) is 4.79 Å². The van der Waals surface area contributed by atoms with Gasteiger partial charge in [0.25, 0.3) is 10.2 Å². The number of ether oxygens (including phenoxy) is 2. The summed E-state index contributed by atoms with van der Waals surface area (Å²) in [6.45, 7) is 2.52. The lowest BCUT2D eigenvalue weighted by Crippen LogP contribution is -2.57. The van der Waals surface area contributed by atoms with Gasteiger partial charge < -0.3 is 14.6 Å². The maximum absolute atomic E-state index is 12.8. The van der Waals surface area contributed by atoms with Crippen LogP contribution in [0.25, 0.3) is 0 Å². The standard InChI is InChI=1S/C12H22N2O6S/c1-2-20-12(16)11-4-3-5-14(11)21(17,18)13-6-7-19-9-10(13)8-15/h10-11,15H,2-9H2,1H3. The van der Waals surface area contributed by atoms with E-state index in [2.05, 4.69) is 0 Å². The second-order valence-electron chi connectivity index (χ2n) is 5.05. The topological polar surface area (TPSA) is 96.4 Å². The van der Waals surface area contributed by atoms with Crippen molar-refractivity contribution in [3.63, 3.8) is 0 Å². The zero-order valence-electron chi connectivity index (χ0n) is 12.1. The van der Waals surface area contributed by atoms with E-state index in [9.17, 15) is 18.3 Å². The Hall–Kier alpha value is -0.740. The normalized spacial score (nSPS) is 28.7. The van der Waals surface area contributed by atoms with E-state index < -0.39 is 28.3 Å². The third kappa shape index (κ3) is 3.37. The summed E-state index contributed by atoms with van der Waals surface area (Å²) < 4.78 is 38.1. The molecular weight excluding hydrogens is 300 g/mol. The van der Waals surface area contributed by atoms with Crippen molar-refractivity contribution in [2.45, 2.75) is 31.8 Å². The highest BCUT2D eigenvalue weighted by Crippen LogP contribution is 2.26. The van der Waals surface area contributed by atoms with Crippen molar-refractivity contribution >= 4 is 16.2 Å². The van der Waals surface area contributed by atoms with Gasteiger partial charge in [0.2, 0.25) is 0 Å². The van der Waals surface area contributed by atoms with Crippen molar-refractivity contribution in [2.24, 2.45) is 0 Å². The molecule has 1 N–H and O–H groups in total. The Morgan fingerprint density at radius 3 is 2.81 bits per heavy atom. The minimum absolute atomic E-state index is 0.160. The minimum atomic E-state index is -3.81. The molecule has 2 aliphatic rings. The molecule has 2 atom stereocenters. The highest BCUT2D eigenvalue weighted by atomic mass is 32.2. The first-order chi connectivity index (χ1) is 10.0. The molecule has 0 radical (unpaired) electrons. The van der Waals surface area contributed by atoms with Crippen molar-refractivity contribution in [1.82, 2.24) is 8.61 Å². The molecule has 0 saturated carbocycles. The quantitative estimate of drug-likeness (QED) is 0.649. The third-order valence-electron chi connectivity index (χ3n) is 3.74. The molecule has 0 amide bonds. The van der Waals surface area contributed by atoms with Gasteiger partial charge in [-0.25, -0.2) is 0 Å². The van der Waals surface area contributed by atoms with Crippen molar-refractivity contribution in [1.29, 1.82) is 0 Å². The number of rotatable bonds is 5. The number of carbonyl (C=O) groups is 1. The predicted octanol–water partition coefficient (Wildman–Crippen LogP) is -1.05. The second-order valence-corrected chi connectivity index (χ2v) is 6.88. The van der Waals surface area contributed by atoms with E-state index in [1.165, 1.54) is 8.61 Å². The van der Waals surface area contributed by atoms with Gasteiger partial charge in [-0.1, -0.05) is 0 Å². The Balaban J connectivity index is 2.19. The summed E-state index contributed by atoms with van der Waals surface area (Å²) in [6.07, 6.45) is 1.09. The van der Waals surface area contributed by atoms with Crippen LogP contribution in [0.1, 0.15) is 19.8 Å². The average molecular weight is 322 g/mol. The maximum Gasteiger partial charge on any atom is 0.324 e. The first kappa shape index (κ1) is 16.6. The lowest BCUT2D eigenvalue weighted by molar-refractivity contribution is -0.147. The van der Waals surface area contributed by atoms with Crippen LogP contribution >= 0.6 is 0 Å². The van der Waals surface area contributed by atoms with Gasteiger partial charge in [0.15, 0.2) is 0 Å². The van der Waals surface area contributed by atoms with Crippen molar-refractivity contribution < 1.29 is 27.8 Å². The minimum Gasteiger partial charge on any atom is -0.465 e. The molecule has 21 heavy (non-hydrogen) atoms. The summed E-state index contributed by atoms with van der Waals surface area (Å²) in [6, 6.07) is -1.37. The number of nitrogens with zero attached hydrogens (tertiary/aromatic N) is 2. The molecule has 0 aromatic rings. The van der Waals surface area contributed by atoms with Gasteiger partial charge in [0.1, 0.15) is 6.04 Å². The Kier molecular flexibility index (Phi) is 5.55. The van der Waals surface area contributed by atoms with E-state index in [-0.39, 0.29) is 33.0 Å². The van der Waals surface area contributed by atoms with E-state index in [1.807, 2.05) is 0 Å². The molecule has 122 valence electrons. The van der Waals surface area contributed by atoms with Crippen molar-refractivity contribution in [2.75, 3.05) is 39.5 Å². The Labute approximate surface area is 124 Å². The predicted molar refractivity (Wildman–Crippen MR) is 73.7 cm³/mol. The Morgan fingerprint density at radius 1 is 1.38 bits per heavy atom. The van der Waals surface area contributed by atoms with Gasteiger partial charge in [-0.05, 0) is 19.8 Å². The first-order valence-corrected chi connectivity index (χ1v) is 8.56. The monoisotopic (exact) mass is 322 g/mol. The summed E-state index contributed by atoms with van der Waals surface area (Å²) in [4.78, 5) is 11.9. The zero-order valence-corrected chi connectivity index (χ0v) is 12.9. The van der Waals surface area contributed by atoms with Crippen molar-refractivity contribution in [3.8, 4) is 0 Å². The van der Waals surface area contributed by atoms with E-state index in [4.69, 9.17) is 9.47 Å². The molecule has 2 heterocycles. The average Bonchev–Trinajstić information content (AvgIpc) is 2.97. The van der Waals surface area contributed by atoms with Crippen LogP contribution < -0.4 is 0 Å². The lowest BCUT2D eigenvalue weighted by Gasteiger charge is -2.37. The number of aliphatic hydroxyl groups excluding tert-OH is 1. The Morgan fingerprint density at radius 2 is 2.14 bits per heavy atom. The van der Waals surface area contributed by atoms with Crippen LogP contribution in [-0.2, 0) is 24.5 Å². The molecule has 0 aromatic heterocycles. The van der Waals surface area contributed by atoms with Crippen LogP contribution in [0.2, 0.25) is 0 Å². The smallest absolute Gasteiger partial charge is 0.324 e. The molecule has 2 fully saturated rings. The van der Waals surface area contributed by atoms with Crippen LogP contribution in [-0.4, -0.2) is 79.7 Å². The van der Waals surface area contributed by atoms with E-state index >= 15 is 0 Å². The summed E-state index contributed by atoms with van der Waals surface area (Å²) in [5, 5.41) is 9.33. The van der Waals surface area contributed by atoms with E-state index in [0.717, 1.165) is 0 Å². The van der Waals surface area contributed by atoms with Crippen LogP contribution in [0.15, 0.2) is 0 Å². The van der Waals surface area contributed by atoms with Crippen LogP contribution in [0, 0.1) is 0 Å². The number of morpholine rings is 1. The zero-order chi connectivity index (χ0) is 15.5. The van der Waals surface area contributed by atoms with Crippen LogP contribution in [0.3, 0.4) is 0 Å². The SMILES string of the molecule is CCOC(=O)C1CCCN1S(=O)(=O)N1CCOCC1CO. The number of aliphatic hydroxyl groups is 1. The van der Waals surface area contributed by atoms with Crippen molar-refractivity contribution in [3.05, 3.63) is 0 Å². The van der Waals surface area contributed by atoms with Gasteiger partial charge >= 0.3 is 5.97 Å². The molecular formula is C12H22N2O6S. The lowest BCUT2D eigenvalue weighted by atomic mass is 10.2. The molecule has 2 saturated heterocycles. The molecule has 8 nitrogen and oxygen atoms in total. The fourth-order valence-corrected chi connectivity index (χ4v) is 4.66. The maximum atomic E-state index is 12.8. The molecule has 2 aliphatic heterocycles. The highest BCUT2D eigenvalue weighted by molar-refractivity contribution is 7.86. The molecule has 0 aromatic carbocycles. The number of esters is 1. The molecule has 2 rings (SSSR count). The second kappa shape index (κ2) is 7.01. The summed E-state index contributed by atoms with van der Waals surface area (Å²) in [5.41, 5.74) is 0. The summed E-state index contributed by atoms with van der Waals surface area (Å²) in [5.74, 6) is -0.507. The fourth-order valence-electron chi connectivity index (χ4n) is 2.71. The fraction of sp³-hybridized carbons (Fsp3) is 0.917. The number of hydrogen-bond acceptors (Lipinski definition) is 6. The summed E-state index contributed by atoms with van der Waals surface area (Å²) in [7, 11) is -3.81. The number of hydrogen-bond donors (Lipinski definition) is 1. The molecule has 2 unspecified atom stereocenters. The van der Waals surface area contributed by atoms with Crippen LogP contribution in [0.4, 0.5) is 0 Å². The largest absolute Gasteiger partial charge is 0.465 e. The van der Waals surface area contributed by atoms with E-state index in [0.29, 0.717) is 19.4 Å². The summed E-state index contributed by atoms with van der Waals surface area (Å²) >= 11 is 0. The van der Waals surface area contributed by atoms with Gasteiger partial charge in [0, 0.05) is 13.1 Å². The Bertz CT molecular complexity index is 468.